The van der Waals surface area contributed by atoms with Crippen LogP contribution in [-0.4, -0.2) is 23.9 Å². The Morgan fingerprint density at radius 2 is 1.81 bits per heavy atom. The molecule has 1 aliphatic rings. The fourth-order valence-electron chi connectivity index (χ4n) is 3.65. The maximum atomic E-state index is 14.2. The third kappa shape index (κ3) is 6.33. The van der Waals surface area contributed by atoms with Crippen molar-refractivity contribution in [3.8, 4) is 0 Å². The Morgan fingerprint density at radius 3 is 2.48 bits per heavy atom. The second-order valence-electron chi connectivity index (χ2n) is 7.29. The number of ether oxygens (including phenoxy) is 1. The van der Waals surface area contributed by atoms with Crippen molar-refractivity contribution in [3.05, 3.63) is 35.6 Å². The lowest BCUT2D eigenvalue weighted by atomic mass is 9.94. The van der Waals surface area contributed by atoms with Gasteiger partial charge in [-0.25, -0.2) is 9.18 Å². The van der Waals surface area contributed by atoms with E-state index in [1.807, 2.05) is 0 Å². The van der Waals surface area contributed by atoms with Crippen molar-refractivity contribution in [3.63, 3.8) is 0 Å². The summed E-state index contributed by atoms with van der Waals surface area (Å²) in [4.78, 5) is 18.3. The zero-order chi connectivity index (χ0) is 19.5. The number of carbonyl (C=O) groups excluding carboxylic acids is 1. The predicted octanol–water partition coefficient (Wildman–Crippen LogP) is 5.78. The Kier molecular flexibility index (Phi) is 8.76. The summed E-state index contributed by atoms with van der Waals surface area (Å²) in [6.07, 6.45) is 11.0. The van der Waals surface area contributed by atoms with E-state index < -0.39 is 11.8 Å². The molecule has 0 saturated heterocycles. The van der Waals surface area contributed by atoms with Crippen molar-refractivity contribution in [1.82, 2.24) is 0 Å². The fraction of sp³-hybridized carbons (Fsp3) is 0.636. The van der Waals surface area contributed by atoms with Crippen LogP contribution in [0.15, 0.2) is 29.4 Å². The van der Waals surface area contributed by atoms with Gasteiger partial charge in [0.15, 0.2) is 5.71 Å². The fourth-order valence-corrected chi connectivity index (χ4v) is 3.65. The molecule has 1 aliphatic carbocycles. The first-order valence-corrected chi connectivity index (χ1v) is 10.3. The zero-order valence-corrected chi connectivity index (χ0v) is 16.6. The molecule has 0 N–H and O–H groups in total. The Balaban J connectivity index is 2.13. The van der Waals surface area contributed by atoms with Gasteiger partial charge < -0.3 is 9.57 Å². The van der Waals surface area contributed by atoms with Crippen LogP contribution in [0.2, 0.25) is 0 Å². The van der Waals surface area contributed by atoms with Crippen molar-refractivity contribution in [1.29, 1.82) is 0 Å². The van der Waals surface area contributed by atoms with E-state index in [9.17, 15) is 9.18 Å². The minimum atomic E-state index is -0.654. The van der Waals surface area contributed by atoms with Gasteiger partial charge in [-0.15, -0.1) is 0 Å². The number of nitrogens with zero attached hydrogens (tertiary/aromatic N) is 1. The summed E-state index contributed by atoms with van der Waals surface area (Å²) >= 11 is 0. The van der Waals surface area contributed by atoms with Crippen LogP contribution in [0.25, 0.3) is 0 Å². The van der Waals surface area contributed by atoms with Gasteiger partial charge in [0.25, 0.3) is 0 Å². The Bertz CT molecular complexity index is 624. The first kappa shape index (κ1) is 21.4. The van der Waals surface area contributed by atoms with Crippen molar-refractivity contribution < 1.29 is 18.8 Å². The number of oxime groups is 1. The minimum absolute atomic E-state index is 0.0905. The number of carbonyl (C=O) groups is 1. The molecule has 0 aromatic heterocycles. The lowest BCUT2D eigenvalue weighted by Crippen LogP contribution is -2.29. The third-order valence-corrected chi connectivity index (χ3v) is 5.18. The van der Waals surface area contributed by atoms with E-state index in [0.717, 1.165) is 38.5 Å². The van der Waals surface area contributed by atoms with Crippen LogP contribution < -0.4 is 0 Å². The van der Waals surface area contributed by atoms with E-state index in [1.54, 1.807) is 19.1 Å². The number of rotatable bonds is 11. The SMILES string of the molecule is CCCCCCCC1(O/N=C(\C(=O)OCC)c2ccccc2F)CCCC1. The molecule has 1 aromatic carbocycles. The largest absolute Gasteiger partial charge is 0.461 e. The maximum Gasteiger partial charge on any atom is 0.361 e. The first-order valence-electron chi connectivity index (χ1n) is 10.3. The van der Waals surface area contributed by atoms with Crippen LogP contribution in [0.4, 0.5) is 4.39 Å². The molecular formula is C22H32FNO3. The van der Waals surface area contributed by atoms with E-state index >= 15 is 0 Å². The highest BCUT2D eigenvalue weighted by atomic mass is 19.1. The molecule has 0 aliphatic heterocycles. The van der Waals surface area contributed by atoms with Gasteiger partial charge in [0.05, 0.1) is 6.61 Å². The molecular weight excluding hydrogens is 345 g/mol. The van der Waals surface area contributed by atoms with Crippen LogP contribution in [0.1, 0.15) is 83.6 Å². The van der Waals surface area contributed by atoms with E-state index in [4.69, 9.17) is 9.57 Å². The quantitative estimate of drug-likeness (QED) is 0.212. The highest BCUT2D eigenvalue weighted by Gasteiger charge is 2.36. The van der Waals surface area contributed by atoms with E-state index in [-0.39, 0.29) is 23.5 Å². The molecule has 1 aromatic rings. The summed E-state index contributed by atoms with van der Waals surface area (Å²) in [5, 5.41) is 4.14. The summed E-state index contributed by atoms with van der Waals surface area (Å²) in [7, 11) is 0. The monoisotopic (exact) mass is 377 g/mol. The Labute approximate surface area is 162 Å². The molecule has 4 nitrogen and oxygen atoms in total. The summed E-state index contributed by atoms with van der Waals surface area (Å²) in [5.41, 5.74) is -0.311. The van der Waals surface area contributed by atoms with Crippen molar-refractivity contribution >= 4 is 11.7 Å². The second kappa shape index (κ2) is 11.1. The van der Waals surface area contributed by atoms with Crippen LogP contribution in [0.3, 0.4) is 0 Å². The van der Waals surface area contributed by atoms with Crippen molar-refractivity contribution in [2.45, 2.75) is 83.7 Å². The van der Waals surface area contributed by atoms with Crippen LogP contribution >= 0.6 is 0 Å². The average molecular weight is 378 g/mol. The minimum Gasteiger partial charge on any atom is -0.461 e. The average Bonchev–Trinajstić information content (AvgIpc) is 3.12. The molecule has 1 fully saturated rings. The number of hydrogen-bond acceptors (Lipinski definition) is 4. The van der Waals surface area contributed by atoms with Gasteiger partial charge in [0.2, 0.25) is 0 Å². The molecule has 0 amide bonds. The van der Waals surface area contributed by atoms with Gasteiger partial charge in [-0.1, -0.05) is 49.9 Å². The molecule has 5 heteroatoms. The van der Waals surface area contributed by atoms with Gasteiger partial charge in [-0.3, -0.25) is 0 Å². The third-order valence-electron chi connectivity index (χ3n) is 5.18. The number of esters is 1. The van der Waals surface area contributed by atoms with Crippen LogP contribution in [0, 0.1) is 5.82 Å². The molecule has 0 bridgehead atoms. The highest BCUT2D eigenvalue weighted by Crippen LogP contribution is 2.38. The summed E-state index contributed by atoms with van der Waals surface area (Å²) < 4.78 is 19.3. The lowest BCUT2D eigenvalue weighted by molar-refractivity contribution is -0.135. The molecule has 0 atom stereocenters. The van der Waals surface area contributed by atoms with Gasteiger partial charge in [-0.05, 0) is 57.6 Å². The molecule has 2 rings (SSSR count). The normalized spacial score (nSPS) is 16.3. The van der Waals surface area contributed by atoms with Gasteiger partial charge >= 0.3 is 5.97 Å². The predicted molar refractivity (Wildman–Crippen MR) is 105 cm³/mol. The maximum absolute atomic E-state index is 14.2. The second-order valence-corrected chi connectivity index (χ2v) is 7.29. The van der Waals surface area contributed by atoms with Crippen LogP contribution in [0.5, 0.6) is 0 Å². The first-order chi connectivity index (χ1) is 13.1. The van der Waals surface area contributed by atoms with Gasteiger partial charge in [0.1, 0.15) is 11.4 Å². The molecule has 0 unspecified atom stereocenters. The van der Waals surface area contributed by atoms with E-state index in [2.05, 4.69) is 12.1 Å². The molecule has 1 saturated carbocycles. The number of unbranched alkanes of at least 4 members (excludes halogenated alkanes) is 4. The highest BCUT2D eigenvalue weighted by molar-refractivity contribution is 6.43. The lowest BCUT2D eigenvalue weighted by Gasteiger charge is -2.27. The van der Waals surface area contributed by atoms with E-state index in [1.165, 1.54) is 37.8 Å². The number of benzene rings is 1. The zero-order valence-electron chi connectivity index (χ0n) is 16.6. The van der Waals surface area contributed by atoms with Crippen LogP contribution in [-0.2, 0) is 14.4 Å². The molecule has 0 radical (unpaired) electrons. The topological polar surface area (TPSA) is 47.9 Å². The summed E-state index contributed by atoms with van der Waals surface area (Å²) in [6, 6.07) is 6.09. The molecule has 0 spiro atoms. The van der Waals surface area contributed by atoms with Crippen molar-refractivity contribution in [2.75, 3.05) is 6.61 Å². The molecule has 27 heavy (non-hydrogen) atoms. The van der Waals surface area contributed by atoms with Crippen molar-refractivity contribution in [2.24, 2.45) is 5.16 Å². The smallest absolute Gasteiger partial charge is 0.361 e. The molecule has 0 heterocycles. The summed E-state index contributed by atoms with van der Waals surface area (Å²) in [6.45, 7) is 4.12. The Hall–Kier alpha value is -1.91. The van der Waals surface area contributed by atoms with Gasteiger partial charge in [0, 0.05) is 5.56 Å². The Morgan fingerprint density at radius 1 is 1.11 bits per heavy atom. The number of hydrogen-bond donors (Lipinski definition) is 0. The molecule has 150 valence electrons. The number of halogens is 1. The summed E-state index contributed by atoms with van der Waals surface area (Å²) in [5.74, 6) is -1.16. The van der Waals surface area contributed by atoms with Gasteiger partial charge in [-0.2, -0.15) is 0 Å². The standard InChI is InChI=1S/C22H32FNO3/c1-3-5-6-7-10-15-22(16-11-12-17-22)27-24-20(21(25)26-4-2)18-13-8-9-14-19(18)23/h8-9,13-14H,3-7,10-12,15-17H2,1-2H3/b24-20-. The van der Waals surface area contributed by atoms with E-state index in [0.29, 0.717) is 0 Å².